The van der Waals surface area contributed by atoms with E-state index >= 15 is 0 Å². The number of hydrogen-bond acceptors (Lipinski definition) is 3. The van der Waals surface area contributed by atoms with Gasteiger partial charge < -0.3 is 4.74 Å². The highest BCUT2D eigenvalue weighted by atomic mass is 32.2. The van der Waals surface area contributed by atoms with Gasteiger partial charge in [0.15, 0.2) is 9.84 Å². The van der Waals surface area contributed by atoms with Crippen molar-refractivity contribution in [2.45, 2.75) is 11.5 Å². The Bertz CT molecular complexity index is 1060. The zero-order valence-electron chi connectivity index (χ0n) is 14.3. The third kappa shape index (κ3) is 4.14. The summed E-state index contributed by atoms with van der Waals surface area (Å²) in [7, 11) is -3.30. The molecule has 0 spiro atoms. The molecule has 4 heteroatoms. The highest BCUT2D eigenvalue weighted by Crippen LogP contribution is 2.33. The van der Waals surface area contributed by atoms with Crippen molar-refractivity contribution in [1.82, 2.24) is 0 Å². The molecule has 0 aliphatic heterocycles. The lowest BCUT2D eigenvalue weighted by Crippen LogP contribution is -1.99. The summed E-state index contributed by atoms with van der Waals surface area (Å²) >= 11 is 0. The Morgan fingerprint density at radius 2 is 1.73 bits per heavy atom. The Kier molecular flexibility index (Phi) is 5.11. The van der Waals surface area contributed by atoms with Crippen LogP contribution in [0.1, 0.15) is 11.1 Å². The van der Waals surface area contributed by atoms with Gasteiger partial charge in [-0.1, -0.05) is 48.4 Å². The fourth-order valence-corrected chi connectivity index (χ4v) is 3.27. The topological polar surface area (TPSA) is 43.4 Å². The average Bonchev–Trinajstić information content (AvgIpc) is 2.66. The van der Waals surface area contributed by atoms with Gasteiger partial charge in [-0.25, -0.2) is 8.42 Å². The van der Waals surface area contributed by atoms with Crippen LogP contribution in [0.5, 0.6) is 5.75 Å². The third-order valence-electron chi connectivity index (χ3n) is 3.96. The minimum absolute atomic E-state index is 0.259. The Morgan fingerprint density at radius 1 is 0.962 bits per heavy atom. The van der Waals surface area contributed by atoms with Crippen LogP contribution in [0, 0.1) is 12.3 Å². The van der Waals surface area contributed by atoms with E-state index in [2.05, 4.69) is 5.92 Å². The molecule has 26 heavy (non-hydrogen) atoms. The molecule has 0 saturated carbocycles. The molecule has 0 bridgehead atoms. The third-order valence-corrected chi connectivity index (χ3v) is 5.07. The first kappa shape index (κ1) is 17.8. The van der Waals surface area contributed by atoms with E-state index in [1.165, 1.54) is 6.26 Å². The molecule has 3 aromatic carbocycles. The second kappa shape index (κ2) is 7.47. The maximum Gasteiger partial charge on any atom is 0.175 e. The van der Waals surface area contributed by atoms with Crippen molar-refractivity contribution in [2.24, 2.45) is 0 Å². The van der Waals surface area contributed by atoms with Gasteiger partial charge in [0.25, 0.3) is 0 Å². The van der Waals surface area contributed by atoms with E-state index in [9.17, 15) is 8.42 Å². The quantitative estimate of drug-likeness (QED) is 0.635. The molecule has 0 N–H and O–H groups in total. The molecule has 0 heterocycles. The molecule has 3 aromatic rings. The van der Waals surface area contributed by atoms with Crippen molar-refractivity contribution in [1.29, 1.82) is 0 Å². The lowest BCUT2D eigenvalue weighted by atomic mass is 10.0. The summed E-state index contributed by atoms with van der Waals surface area (Å²) < 4.78 is 29.7. The molecular formula is C22H18O3S. The van der Waals surface area contributed by atoms with E-state index in [1.54, 1.807) is 18.2 Å². The maximum absolute atomic E-state index is 11.9. The van der Waals surface area contributed by atoms with Crippen LogP contribution in [-0.4, -0.2) is 14.7 Å². The van der Waals surface area contributed by atoms with E-state index in [4.69, 9.17) is 11.2 Å². The van der Waals surface area contributed by atoms with Crippen LogP contribution in [0.15, 0.2) is 77.7 Å². The number of terminal acetylenes is 1. The minimum atomic E-state index is -3.30. The molecule has 0 aromatic heterocycles. The molecule has 0 atom stereocenters. The standard InChI is InChI=1S/C22H18O3S/c1-3-17-12-13-22(25-16-18-8-5-4-6-9-18)21(14-17)19-10-7-11-20(15-19)26(2,23)24/h1,4-15H,16H2,2H3. The number of ether oxygens (including phenoxy) is 1. The first-order valence-corrected chi connectivity index (χ1v) is 9.94. The van der Waals surface area contributed by atoms with Crippen LogP contribution in [0.4, 0.5) is 0 Å². The Hall–Kier alpha value is -3.03. The van der Waals surface area contributed by atoms with Crippen molar-refractivity contribution < 1.29 is 13.2 Å². The van der Waals surface area contributed by atoms with Gasteiger partial charge in [0.1, 0.15) is 12.4 Å². The first-order valence-electron chi connectivity index (χ1n) is 8.05. The van der Waals surface area contributed by atoms with Crippen molar-refractivity contribution in [3.05, 3.63) is 83.9 Å². The molecule has 0 amide bonds. The molecule has 0 fully saturated rings. The first-order chi connectivity index (χ1) is 12.5. The molecule has 0 radical (unpaired) electrons. The highest BCUT2D eigenvalue weighted by Gasteiger charge is 2.12. The van der Waals surface area contributed by atoms with Gasteiger partial charge >= 0.3 is 0 Å². The van der Waals surface area contributed by atoms with Crippen LogP contribution in [0.25, 0.3) is 11.1 Å². The number of sulfone groups is 1. The monoisotopic (exact) mass is 362 g/mol. The Labute approximate surface area is 154 Å². The minimum Gasteiger partial charge on any atom is -0.488 e. The zero-order chi connectivity index (χ0) is 18.6. The van der Waals surface area contributed by atoms with Gasteiger partial charge in [-0.15, -0.1) is 6.42 Å². The second-order valence-electron chi connectivity index (χ2n) is 5.93. The lowest BCUT2D eigenvalue weighted by molar-refractivity contribution is 0.307. The van der Waals surface area contributed by atoms with Gasteiger partial charge in [-0.2, -0.15) is 0 Å². The van der Waals surface area contributed by atoms with Gasteiger partial charge in [0.2, 0.25) is 0 Å². The van der Waals surface area contributed by atoms with Crippen molar-refractivity contribution >= 4 is 9.84 Å². The summed E-state index contributed by atoms with van der Waals surface area (Å²) in [5.74, 6) is 3.26. The fraction of sp³-hybridized carbons (Fsp3) is 0.0909. The van der Waals surface area contributed by atoms with E-state index in [0.717, 1.165) is 16.7 Å². The number of hydrogen-bond donors (Lipinski definition) is 0. The molecule has 0 aliphatic rings. The maximum atomic E-state index is 11.9. The highest BCUT2D eigenvalue weighted by molar-refractivity contribution is 7.90. The number of benzene rings is 3. The molecule has 3 rings (SSSR count). The van der Waals surface area contributed by atoms with Crippen LogP contribution < -0.4 is 4.74 Å². The number of rotatable bonds is 5. The van der Waals surface area contributed by atoms with Crippen LogP contribution in [0.2, 0.25) is 0 Å². The average molecular weight is 362 g/mol. The van der Waals surface area contributed by atoms with Gasteiger partial charge in [0.05, 0.1) is 4.90 Å². The summed E-state index contributed by atoms with van der Waals surface area (Å²) in [6.45, 7) is 0.412. The van der Waals surface area contributed by atoms with Crippen LogP contribution in [-0.2, 0) is 16.4 Å². The smallest absolute Gasteiger partial charge is 0.175 e. The molecule has 0 unspecified atom stereocenters. The van der Waals surface area contributed by atoms with E-state index in [1.807, 2.05) is 54.6 Å². The largest absolute Gasteiger partial charge is 0.488 e. The predicted molar refractivity (Wildman–Crippen MR) is 104 cm³/mol. The summed E-state index contributed by atoms with van der Waals surface area (Å²) in [6, 6.07) is 22.1. The molecule has 130 valence electrons. The van der Waals surface area contributed by atoms with Gasteiger partial charge in [-0.05, 0) is 41.5 Å². The van der Waals surface area contributed by atoms with Crippen molar-refractivity contribution in [3.8, 4) is 29.2 Å². The predicted octanol–water partition coefficient (Wildman–Crippen LogP) is 4.32. The Balaban J connectivity index is 2.01. The summed E-state index contributed by atoms with van der Waals surface area (Å²) in [5, 5.41) is 0. The van der Waals surface area contributed by atoms with Gasteiger partial charge in [0, 0.05) is 17.4 Å². The summed E-state index contributed by atoms with van der Waals surface area (Å²) in [5.41, 5.74) is 3.26. The van der Waals surface area contributed by atoms with Crippen molar-refractivity contribution in [2.75, 3.05) is 6.26 Å². The summed E-state index contributed by atoms with van der Waals surface area (Å²) in [6.07, 6.45) is 6.72. The van der Waals surface area contributed by atoms with E-state index in [-0.39, 0.29) is 4.90 Å². The van der Waals surface area contributed by atoms with E-state index < -0.39 is 9.84 Å². The Morgan fingerprint density at radius 3 is 2.42 bits per heavy atom. The van der Waals surface area contributed by atoms with E-state index in [0.29, 0.717) is 17.9 Å². The molecule has 3 nitrogen and oxygen atoms in total. The normalized spacial score (nSPS) is 10.9. The SMILES string of the molecule is C#Cc1ccc(OCc2ccccc2)c(-c2cccc(S(C)(=O)=O)c2)c1. The van der Waals surface area contributed by atoms with Crippen LogP contribution in [0.3, 0.4) is 0 Å². The van der Waals surface area contributed by atoms with Crippen molar-refractivity contribution in [3.63, 3.8) is 0 Å². The van der Waals surface area contributed by atoms with Crippen LogP contribution >= 0.6 is 0 Å². The second-order valence-corrected chi connectivity index (χ2v) is 7.95. The zero-order valence-corrected chi connectivity index (χ0v) is 15.2. The lowest BCUT2D eigenvalue weighted by Gasteiger charge is -2.13. The van der Waals surface area contributed by atoms with Gasteiger partial charge in [-0.3, -0.25) is 0 Å². The molecule has 0 saturated heterocycles. The molecular weight excluding hydrogens is 344 g/mol. The fourth-order valence-electron chi connectivity index (χ4n) is 2.60. The molecule has 0 aliphatic carbocycles. The summed E-state index contributed by atoms with van der Waals surface area (Å²) in [4.78, 5) is 0.259.